The Bertz CT molecular complexity index is 1400. The van der Waals surface area contributed by atoms with Crippen LogP contribution in [0.4, 0.5) is 10.1 Å². The van der Waals surface area contributed by atoms with Gasteiger partial charge in [-0.3, -0.25) is 9.59 Å². The van der Waals surface area contributed by atoms with Crippen molar-refractivity contribution in [3.8, 4) is 0 Å². The van der Waals surface area contributed by atoms with Crippen LogP contribution in [-0.4, -0.2) is 28.9 Å². The second-order valence-corrected chi connectivity index (χ2v) is 9.00. The number of aromatic nitrogens is 1. The average Bonchev–Trinajstić information content (AvgIpc) is 3.27. The van der Waals surface area contributed by atoms with E-state index in [4.69, 9.17) is 0 Å². The van der Waals surface area contributed by atoms with Crippen molar-refractivity contribution in [2.24, 2.45) is 0 Å². The SMILES string of the molecule is Cc1ccc(NC(=O)C(Cc2c[nH]c3ccccc23)NC(=O)C2Cc3ccccc3CN2)c(F)c1. The summed E-state index contributed by atoms with van der Waals surface area (Å²) in [5.74, 6) is -1.24. The van der Waals surface area contributed by atoms with Gasteiger partial charge in [-0.25, -0.2) is 4.39 Å². The number of hydrogen-bond acceptors (Lipinski definition) is 3. The van der Waals surface area contributed by atoms with Crippen LogP contribution >= 0.6 is 0 Å². The van der Waals surface area contributed by atoms with Gasteiger partial charge in [-0.1, -0.05) is 48.5 Å². The van der Waals surface area contributed by atoms with Crippen LogP contribution in [0.1, 0.15) is 22.3 Å². The number of aryl methyl sites for hydroxylation is 1. The maximum atomic E-state index is 14.4. The second kappa shape index (κ2) is 9.72. The fourth-order valence-electron chi connectivity index (χ4n) is 4.58. The number of aromatic amines is 1. The molecule has 0 saturated carbocycles. The van der Waals surface area contributed by atoms with E-state index in [-0.39, 0.29) is 18.0 Å². The fraction of sp³-hybridized carbons (Fsp3) is 0.214. The Kier molecular flexibility index (Phi) is 6.33. The molecule has 2 amide bonds. The van der Waals surface area contributed by atoms with Gasteiger partial charge in [0.2, 0.25) is 11.8 Å². The standard InChI is InChI=1S/C28H27FN4O2/c1-17-10-11-24(22(29)12-17)32-28(35)26(14-20-16-30-23-9-5-4-8-21(20)23)33-27(34)25-13-18-6-2-3-7-19(18)15-31-25/h2-12,16,25-26,30-31H,13-15H2,1H3,(H,32,35)(H,33,34). The number of nitrogens with one attached hydrogen (secondary N) is 4. The molecule has 0 aliphatic carbocycles. The van der Waals surface area contributed by atoms with Gasteiger partial charge in [0, 0.05) is 30.1 Å². The minimum atomic E-state index is -0.888. The summed E-state index contributed by atoms with van der Waals surface area (Å²) in [6.45, 7) is 2.37. The first-order chi connectivity index (χ1) is 17.0. The molecule has 2 heterocycles. The molecule has 2 atom stereocenters. The van der Waals surface area contributed by atoms with Crippen LogP contribution in [0.15, 0.2) is 72.9 Å². The lowest BCUT2D eigenvalue weighted by molar-refractivity contribution is -0.128. The highest BCUT2D eigenvalue weighted by Crippen LogP contribution is 2.21. The summed E-state index contributed by atoms with van der Waals surface area (Å²) in [5, 5.41) is 9.82. The van der Waals surface area contributed by atoms with Crippen molar-refractivity contribution in [2.45, 2.75) is 38.4 Å². The van der Waals surface area contributed by atoms with Gasteiger partial charge in [-0.2, -0.15) is 0 Å². The number of H-pyrrole nitrogens is 1. The van der Waals surface area contributed by atoms with Crippen LogP contribution in [0.5, 0.6) is 0 Å². The van der Waals surface area contributed by atoms with Crippen LogP contribution in [0.3, 0.4) is 0 Å². The summed E-state index contributed by atoms with van der Waals surface area (Å²) in [6, 6.07) is 19.1. The molecule has 3 aromatic carbocycles. The van der Waals surface area contributed by atoms with Gasteiger partial charge in [0.15, 0.2) is 0 Å². The zero-order valence-corrected chi connectivity index (χ0v) is 19.4. The summed E-state index contributed by atoms with van der Waals surface area (Å²) in [6.07, 6.45) is 2.65. The van der Waals surface area contributed by atoms with Gasteiger partial charge in [0.25, 0.3) is 0 Å². The first kappa shape index (κ1) is 22.8. The molecule has 1 aliphatic rings. The van der Waals surface area contributed by atoms with E-state index in [2.05, 4.69) is 20.9 Å². The van der Waals surface area contributed by atoms with Gasteiger partial charge in [0.1, 0.15) is 11.9 Å². The molecule has 7 heteroatoms. The molecule has 1 aromatic heterocycles. The van der Waals surface area contributed by atoms with E-state index in [1.165, 1.54) is 17.7 Å². The molecule has 0 spiro atoms. The van der Waals surface area contributed by atoms with Crippen molar-refractivity contribution < 1.29 is 14.0 Å². The van der Waals surface area contributed by atoms with E-state index in [0.717, 1.165) is 27.6 Å². The molecule has 178 valence electrons. The molecule has 2 unspecified atom stereocenters. The summed E-state index contributed by atoms with van der Waals surface area (Å²) in [7, 11) is 0. The summed E-state index contributed by atoms with van der Waals surface area (Å²) < 4.78 is 14.4. The third-order valence-electron chi connectivity index (χ3n) is 6.51. The van der Waals surface area contributed by atoms with Crippen LogP contribution in [-0.2, 0) is 29.0 Å². The number of anilines is 1. The van der Waals surface area contributed by atoms with Crippen molar-refractivity contribution in [1.82, 2.24) is 15.6 Å². The Morgan fingerprint density at radius 2 is 1.83 bits per heavy atom. The maximum absolute atomic E-state index is 14.4. The molecule has 1 aliphatic heterocycles. The molecule has 0 radical (unpaired) electrons. The van der Waals surface area contributed by atoms with Crippen molar-refractivity contribution in [3.63, 3.8) is 0 Å². The van der Waals surface area contributed by atoms with Gasteiger partial charge in [-0.05, 0) is 53.8 Å². The van der Waals surface area contributed by atoms with Gasteiger partial charge in [0.05, 0.1) is 11.7 Å². The van der Waals surface area contributed by atoms with Crippen molar-refractivity contribution in [3.05, 3.63) is 101 Å². The van der Waals surface area contributed by atoms with Crippen LogP contribution in [0, 0.1) is 12.7 Å². The number of fused-ring (bicyclic) bond motifs is 2. The predicted octanol–water partition coefficient (Wildman–Crippen LogP) is 4.00. The first-order valence-corrected chi connectivity index (χ1v) is 11.7. The third kappa shape index (κ3) is 4.95. The zero-order chi connectivity index (χ0) is 24.4. The predicted molar refractivity (Wildman–Crippen MR) is 134 cm³/mol. The van der Waals surface area contributed by atoms with Crippen LogP contribution in [0.2, 0.25) is 0 Å². The minimum absolute atomic E-state index is 0.0866. The Labute approximate surface area is 202 Å². The summed E-state index contributed by atoms with van der Waals surface area (Å²) in [4.78, 5) is 29.8. The highest BCUT2D eigenvalue weighted by Gasteiger charge is 2.29. The van der Waals surface area contributed by atoms with E-state index in [1.807, 2.05) is 54.7 Å². The van der Waals surface area contributed by atoms with Crippen molar-refractivity contribution in [1.29, 1.82) is 0 Å². The molecule has 5 rings (SSSR count). The van der Waals surface area contributed by atoms with Crippen molar-refractivity contribution >= 4 is 28.4 Å². The number of halogens is 1. The topological polar surface area (TPSA) is 86.0 Å². The number of amides is 2. The van der Waals surface area contributed by atoms with E-state index >= 15 is 0 Å². The van der Waals surface area contributed by atoms with E-state index in [1.54, 1.807) is 13.0 Å². The number of benzene rings is 3. The maximum Gasteiger partial charge on any atom is 0.247 e. The van der Waals surface area contributed by atoms with Gasteiger partial charge >= 0.3 is 0 Å². The molecule has 6 nitrogen and oxygen atoms in total. The Morgan fingerprint density at radius 3 is 2.66 bits per heavy atom. The molecule has 0 fully saturated rings. The minimum Gasteiger partial charge on any atom is -0.361 e. The Morgan fingerprint density at radius 1 is 1.06 bits per heavy atom. The molecule has 4 N–H and O–H groups in total. The van der Waals surface area contributed by atoms with Crippen molar-refractivity contribution in [2.75, 3.05) is 5.32 Å². The van der Waals surface area contributed by atoms with E-state index in [0.29, 0.717) is 13.0 Å². The number of rotatable bonds is 6. The molecule has 0 bridgehead atoms. The average molecular weight is 471 g/mol. The quantitative estimate of drug-likeness (QED) is 0.344. The normalized spacial score (nSPS) is 15.9. The zero-order valence-electron chi connectivity index (χ0n) is 19.4. The Balaban J connectivity index is 1.38. The number of carbonyl (C=O) groups is 2. The monoisotopic (exact) mass is 470 g/mol. The smallest absolute Gasteiger partial charge is 0.247 e. The van der Waals surface area contributed by atoms with Crippen LogP contribution in [0.25, 0.3) is 10.9 Å². The second-order valence-electron chi connectivity index (χ2n) is 9.00. The molecule has 35 heavy (non-hydrogen) atoms. The van der Waals surface area contributed by atoms with Gasteiger partial charge < -0.3 is 20.9 Å². The van der Waals surface area contributed by atoms with Crippen LogP contribution < -0.4 is 16.0 Å². The third-order valence-corrected chi connectivity index (χ3v) is 6.51. The molecule has 4 aromatic rings. The lowest BCUT2D eigenvalue weighted by Gasteiger charge is -2.27. The lowest BCUT2D eigenvalue weighted by atomic mass is 9.95. The molecule has 0 saturated heterocycles. The van der Waals surface area contributed by atoms with E-state index < -0.39 is 23.8 Å². The lowest BCUT2D eigenvalue weighted by Crippen LogP contribution is -2.53. The summed E-state index contributed by atoms with van der Waals surface area (Å²) in [5.41, 5.74) is 4.97. The molecular formula is C28H27FN4O2. The number of hydrogen-bond donors (Lipinski definition) is 4. The number of para-hydroxylation sites is 1. The largest absolute Gasteiger partial charge is 0.361 e. The fourth-order valence-corrected chi connectivity index (χ4v) is 4.58. The summed E-state index contributed by atoms with van der Waals surface area (Å²) >= 11 is 0. The van der Waals surface area contributed by atoms with Gasteiger partial charge in [-0.15, -0.1) is 0 Å². The number of carbonyl (C=O) groups excluding carboxylic acids is 2. The highest BCUT2D eigenvalue weighted by molar-refractivity contribution is 5.98. The Hall–Kier alpha value is -3.97. The first-order valence-electron chi connectivity index (χ1n) is 11.7. The molecular weight excluding hydrogens is 443 g/mol. The van der Waals surface area contributed by atoms with E-state index in [9.17, 15) is 14.0 Å². The highest BCUT2D eigenvalue weighted by atomic mass is 19.1.